The molecule has 3 nitrogen and oxygen atoms in total. The molecule has 0 saturated carbocycles. The third-order valence-corrected chi connectivity index (χ3v) is 4.13. The van der Waals surface area contributed by atoms with Crippen molar-refractivity contribution in [2.75, 3.05) is 11.9 Å². The number of benzene rings is 2. The summed E-state index contributed by atoms with van der Waals surface area (Å²) in [5, 5.41) is 3.43. The van der Waals surface area contributed by atoms with Crippen LogP contribution in [-0.4, -0.2) is 12.5 Å². The van der Waals surface area contributed by atoms with Gasteiger partial charge in [0.1, 0.15) is 10.8 Å². The number of rotatable bonds is 4. The minimum absolute atomic E-state index is 0.152. The second kappa shape index (κ2) is 7.16. The molecule has 0 bridgehead atoms. The Kier molecular flexibility index (Phi) is 5.51. The van der Waals surface area contributed by atoms with Gasteiger partial charge in [0, 0.05) is 4.47 Å². The Balaban J connectivity index is 1.97. The molecule has 0 fully saturated rings. The number of ether oxygens (including phenoxy) is 1. The summed E-state index contributed by atoms with van der Waals surface area (Å²) in [5.41, 5.74) is 1.79. The van der Waals surface area contributed by atoms with Gasteiger partial charge in [0.05, 0.1) is 10.7 Å². The summed E-state index contributed by atoms with van der Waals surface area (Å²) >= 11 is 15.3. The summed E-state index contributed by atoms with van der Waals surface area (Å²) in [5.74, 6) is 0.0953. The number of aryl methyl sites for hydroxylation is 1. The Morgan fingerprint density at radius 2 is 2.05 bits per heavy atom. The smallest absolute Gasteiger partial charge is 0.262 e. The van der Waals surface area contributed by atoms with Crippen molar-refractivity contribution in [3.63, 3.8) is 0 Å². The molecule has 2 rings (SSSR count). The number of amides is 1. The SMILES string of the molecule is Cc1ccc(NC(=O)COc2cccc(Cl)c2Cl)c(Br)c1. The predicted octanol–water partition coefficient (Wildman–Crippen LogP) is 5.08. The Labute approximate surface area is 141 Å². The number of hydrogen-bond acceptors (Lipinski definition) is 2. The number of hydrogen-bond donors (Lipinski definition) is 1. The van der Waals surface area contributed by atoms with Gasteiger partial charge >= 0.3 is 0 Å². The van der Waals surface area contributed by atoms with Crippen molar-refractivity contribution >= 4 is 50.7 Å². The highest BCUT2D eigenvalue weighted by atomic mass is 79.9. The first-order valence-corrected chi connectivity index (χ1v) is 7.65. The van der Waals surface area contributed by atoms with Crippen LogP contribution in [0.2, 0.25) is 10.0 Å². The van der Waals surface area contributed by atoms with Crippen molar-refractivity contribution in [1.82, 2.24) is 0 Å². The highest BCUT2D eigenvalue weighted by Gasteiger charge is 2.09. The molecule has 0 aliphatic heterocycles. The molecule has 0 atom stereocenters. The summed E-state index contributed by atoms with van der Waals surface area (Å²) in [6.45, 7) is 1.82. The van der Waals surface area contributed by atoms with E-state index in [1.165, 1.54) is 0 Å². The van der Waals surface area contributed by atoms with Crippen molar-refractivity contribution in [1.29, 1.82) is 0 Å². The van der Waals surface area contributed by atoms with Crippen molar-refractivity contribution in [2.24, 2.45) is 0 Å². The maximum atomic E-state index is 11.9. The Hall–Kier alpha value is -1.23. The monoisotopic (exact) mass is 387 g/mol. The van der Waals surface area contributed by atoms with Gasteiger partial charge < -0.3 is 10.1 Å². The van der Waals surface area contributed by atoms with E-state index in [0.717, 1.165) is 10.0 Å². The molecule has 0 radical (unpaired) electrons. The van der Waals surface area contributed by atoms with Gasteiger partial charge in [0.15, 0.2) is 6.61 Å². The zero-order chi connectivity index (χ0) is 15.4. The van der Waals surface area contributed by atoms with Crippen LogP contribution in [0.5, 0.6) is 5.75 Å². The van der Waals surface area contributed by atoms with Gasteiger partial charge in [-0.15, -0.1) is 0 Å². The van der Waals surface area contributed by atoms with Crippen LogP contribution in [0.15, 0.2) is 40.9 Å². The van der Waals surface area contributed by atoms with Crippen molar-refractivity contribution < 1.29 is 9.53 Å². The van der Waals surface area contributed by atoms with Crippen molar-refractivity contribution in [2.45, 2.75) is 6.92 Å². The molecular weight excluding hydrogens is 377 g/mol. The molecule has 0 aliphatic carbocycles. The number of nitrogens with one attached hydrogen (secondary N) is 1. The average molecular weight is 389 g/mol. The van der Waals surface area contributed by atoms with Crippen LogP contribution in [0, 0.1) is 6.92 Å². The third kappa shape index (κ3) is 4.37. The average Bonchev–Trinajstić information content (AvgIpc) is 2.43. The van der Waals surface area contributed by atoms with E-state index in [4.69, 9.17) is 27.9 Å². The standard InChI is InChI=1S/C15H12BrCl2NO2/c1-9-5-6-12(10(16)7-9)19-14(20)8-21-13-4-2-3-11(17)15(13)18/h2-7H,8H2,1H3,(H,19,20). The van der Waals surface area contributed by atoms with Crippen LogP contribution in [0.4, 0.5) is 5.69 Å². The third-order valence-electron chi connectivity index (χ3n) is 2.67. The molecule has 0 unspecified atom stereocenters. The predicted molar refractivity (Wildman–Crippen MR) is 89.5 cm³/mol. The highest BCUT2D eigenvalue weighted by Crippen LogP contribution is 2.31. The van der Waals surface area contributed by atoms with Gasteiger partial charge in [0.25, 0.3) is 5.91 Å². The largest absolute Gasteiger partial charge is 0.482 e. The van der Waals surface area contributed by atoms with Crippen molar-refractivity contribution in [3.05, 3.63) is 56.5 Å². The second-order valence-electron chi connectivity index (χ2n) is 4.37. The van der Waals surface area contributed by atoms with E-state index in [0.29, 0.717) is 21.5 Å². The minimum atomic E-state index is -0.282. The minimum Gasteiger partial charge on any atom is -0.482 e. The lowest BCUT2D eigenvalue weighted by atomic mass is 10.2. The zero-order valence-corrected chi connectivity index (χ0v) is 14.2. The van der Waals surface area contributed by atoms with Crippen LogP contribution >= 0.6 is 39.1 Å². The van der Waals surface area contributed by atoms with Gasteiger partial charge in [-0.2, -0.15) is 0 Å². The maximum absolute atomic E-state index is 11.9. The summed E-state index contributed by atoms with van der Waals surface area (Å²) < 4.78 is 6.19. The van der Waals surface area contributed by atoms with E-state index in [1.54, 1.807) is 18.2 Å². The summed E-state index contributed by atoms with van der Waals surface area (Å²) in [4.78, 5) is 11.9. The second-order valence-corrected chi connectivity index (χ2v) is 6.01. The van der Waals surface area contributed by atoms with E-state index in [9.17, 15) is 4.79 Å². The number of halogens is 3. The van der Waals surface area contributed by atoms with Crippen LogP contribution in [0.3, 0.4) is 0 Å². The topological polar surface area (TPSA) is 38.3 Å². The molecule has 2 aromatic carbocycles. The van der Waals surface area contributed by atoms with E-state index in [1.807, 2.05) is 25.1 Å². The lowest BCUT2D eigenvalue weighted by Crippen LogP contribution is -2.20. The molecular formula is C15H12BrCl2NO2. The lowest BCUT2D eigenvalue weighted by Gasteiger charge is -2.10. The number of anilines is 1. The maximum Gasteiger partial charge on any atom is 0.262 e. The van der Waals surface area contributed by atoms with Crippen LogP contribution in [0.1, 0.15) is 5.56 Å². The van der Waals surface area contributed by atoms with E-state index in [2.05, 4.69) is 21.2 Å². The molecule has 0 aromatic heterocycles. The first-order valence-electron chi connectivity index (χ1n) is 6.10. The summed E-state index contributed by atoms with van der Waals surface area (Å²) in [6.07, 6.45) is 0. The Morgan fingerprint density at radius 3 is 2.76 bits per heavy atom. The van der Waals surface area contributed by atoms with Crippen LogP contribution in [-0.2, 0) is 4.79 Å². The van der Waals surface area contributed by atoms with Gasteiger partial charge in [-0.25, -0.2) is 0 Å². The molecule has 2 aromatic rings. The normalized spacial score (nSPS) is 10.3. The molecule has 110 valence electrons. The number of carbonyl (C=O) groups excluding carboxylic acids is 1. The van der Waals surface area contributed by atoms with Gasteiger partial charge in [-0.3, -0.25) is 4.79 Å². The molecule has 21 heavy (non-hydrogen) atoms. The van der Waals surface area contributed by atoms with E-state index < -0.39 is 0 Å². The molecule has 0 spiro atoms. The van der Waals surface area contributed by atoms with E-state index >= 15 is 0 Å². The molecule has 1 N–H and O–H groups in total. The Bertz CT molecular complexity index is 677. The van der Waals surface area contributed by atoms with Crippen molar-refractivity contribution in [3.8, 4) is 5.75 Å². The van der Waals surface area contributed by atoms with Crippen LogP contribution < -0.4 is 10.1 Å². The lowest BCUT2D eigenvalue weighted by molar-refractivity contribution is -0.118. The van der Waals surface area contributed by atoms with Gasteiger partial charge in [-0.1, -0.05) is 35.3 Å². The summed E-state index contributed by atoms with van der Waals surface area (Å²) in [7, 11) is 0. The molecule has 1 amide bonds. The fourth-order valence-corrected chi connectivity index (χ4v) is 2.59. The van der Waals surface area contributed by atoms with Crippen LogP contribution in [0.25, 0.3) is 0 Å². The number of carbonyl (C=O) groups is 1. The molecule has 0 heterocycles. The first-order chi connectivity index (χ1) is 9.97. The highest BCUT2D eigenvalue weighted by molar-refractivity contribution is 9.10. The fraction of sp³-hybridized carbons (Fsp3) is 0.133. The molecule has 0 saturated heterocycles. The fourth-order valence-electron chi connectivity index (χ4n) is 1.65. The quantitative estimate of drug-likeness (QED) is 0.792. The first kappa shape index (κ1) is 16.1. The van der Waals surface area contributed by atoms with Gasteiger partial charge in [-0.05, 0) is 52.7 Å². The summed E-state index contributed by atoms with van der Waals surface area (Å²) in [6, 6.07) is 10.7. The molecule has 6 heteroatoms. The van der Waals surface area contributed by atoms with Gasteiger partial charge in [0.2, 0.25) is 0 Å². The van der Waals surface area contributed by atoms with E-state index in [-0.39, 0.29) is 12.5 Å². The zero-order valence-electron chi connectivity index (χ0n) is 11.1. The molecule has 0 aliphatic rings. The Morgan fingerprint density at radius 1 is 1.29 bits per heavy atom.